The standard InChI is InChI=1S/C22H34N2.Pt/c1-14(2)12-19-10-9-11-20(13-15(3)4)22(19)21-17(7)23-24(16(5)6)18(21)8;/h9-11,14-16H,12-13H2,1-8H3;. The van der Waals surface area contributed by atoms with Gasteiger partial charge in [0, 0.05) is 38.4 Å². The fourth-order valence-corrected chi connectivity index (χ4v) is 3.72. The molecule has 0 radical (unpaired) electrons. The van der Waals surface area contributed by atoms with Gasteiger partial charge >= 0.3 is 0 Å². The molecule has 1 heterocycles. The monoisotopic (exact) mass is 521 g/mol. The first-order valence-corrected chi connectivity index (χ1v) is 9.39. The molecule has 2 rings (SSSR count). The quantitative estimate of drug-likeness (QED) is 0.447. The molecule has 142 valence electrons. The van der Waals surface area contributed by atoms with Gasteiger partial charge in [0.15, 0.2) is 0 Å². The zero-order valence-electron chi connectivity index (χ0n) is 17.1. The summed E-state index contributed by atoms with van der Waals surface area (Å²) in [6, 6.07) is 7.25. The van der Waals surface area contributed by atoms with E-state index in [9.17, 15) is 0 Å². The third kappa shape index (κ3) is 5.06. The zero-order chi connectivity index (χ0) is 18.0. The molecule has 0 fully saturated rings. The maximum atomic E-state index is 4.84. The van der Waals surface area contributed by atoms with Crippen molar-refractivity contribution in [1.29, 1.82) is 0 Å². The molecule has 1 aromatic carbocycles. The molecule has 0 unspecified atom stereocenters. The van der Waals surface area contributed by atoms with E-state index in [1.165, 1.54) is 27.9 Å². The van der Waals surface area contributed by atoms with Crippen molar-refractivity contribution in [1.82, 2.24) is 9.78 Å². The third-order valence-corrected chi connectivity index (χ3v) is 4.56. The Morgan fingerprint density at radius 3 is 1.68 bits per heavy atom. The van der Waals surface area contributed by atoms with E-state index < -0.39 is 0 Å². The summed E-state index contributed by atoms with van der Waals surface area (Å²) < 4.78 is 2.18. The largest absolute Gasteiger partial charge is 0.266 e. The van der Waals surface area contributed by atoms with E-state index in [1.54, 1.807) is 0 Å². The molecule has 2 aromatic rings. The van der Waals surface area contributed by atoms with Gasteiger partial charge in [-0.25, -0.2) is 0 Å². The molecule has 3 heteroatoms. The number of hydrogen-bond acceptors (Lipinski definition) is 1. The van der Waals surface area contributed by atoms with Gasteiger partial charge in [-0.2, -0.15) is 5.10 Å². The van der Waals surface area contributed by atoms with Gasteiger partial charge in [-0.3, -0.25) is 4.68 Å². The van der Waals surface area contributed by atoms with E-state index in [-0.39, 0.29) is 21.1 Å². The Labute approximate surface area is 168 Å². The summed E-state index contributed by atoms with van der Waals surface area (Å²) in [5, 5.41) is 4.84. The van der Waals surface area contributed by atoms with E-state index in [2.05, 4.69) is 78.3 Å². The fourth-order valence-electron chi connectivity index (χ4n) is 3.72. The van der Waals surface area contributed by atoms with Crippen LogP contribution in [-0.2, 0) is 33.9 Å². The summed E-state index contributed by atoms with van der Waals surface area (Å²) >= 11 is 0. The predicted molar refractivity (Wildman–Crippen MR) is 105 cm³/mol. The van der Waals surface area contributed by atoms with Crippen LogP contribution in [0.4, 0.5) is 0 Å². The number of nitrogens with zero attached hydrogens (tertiary/aromatic N) is 2. The van der Waals surface area contributed by atoms with Crippen molar-refractivity contribution in [3.8, 4) is 11.1 Å². The van der Waals surface area contributed by atoms with E-state index in [0.29, 0.717) is 17.9 Å². The minimum absolute atomic E-state index is 0. The normalized spacial score (nSPS) is 11.5. The molecule has 0 aliphatic heterocycles. The average Bonchev–Trinajstić information content (AvgIpc) is 2.74. The Hall–Kier alpha value is -0.882. The second-order valence-electron chi connectivity index (χ2n) is 8.23. The van der Waals surface area contributed by atoms with Crippen LogP contribution in [0.1, 0.15) is 70.1 Å². The van der Waals surface area contributed by atoms with Crippen molar-refractivity contribution in [2.24, 2.45) is 11.8 Å². The van der Waals surface area contributed by atoms with Crippen LogP contribution in [-0.4, -0.2) is 9.78 Å². The number of rotatable bonds is 6. The van der Waals surface area contributed by atoms with E-state index in [1.807, 2.05) is 0 Å². The Bertz CT molecular complexity index is 668. The van der Waals surface area contributed by atoms with Crippen molar-refractivity contribution in [3.05, 3.63) is 40.7 Å². The van der Waals surface area contributed by atoms with Crippen molar-refractivity contribution in [3.63, 3.8) is 0 Å². The molecule has 0 aliphatic carbocycles. The molecule has 0 aliphatic rings. The van der Waals surface area contributed by atoms with Crippen LogP contribution in [0.3, 0.4) is 0 Å². The summed E-state index contributed by atoms with van der Waals surface area (Å²) in [4.78, 5) is 0. The third-order valence-electron chi connectivity index (χ3n) is 4.56. The summed E-state index contributed by atoms with van der Waals surface area (Å²) in [6.07, 6.45) is 2.24. The second kappa shape index (κ2) is 9.17. The number of hydrogen-bond donors (Lipinski definition) is 0. The maximum absolute atomic E-state index is 4.84. The molecule has 25 heavy (non-hydrogen) atoms. The van der Waals surface area contributed by atoms with Crippen LogP contribution in [0.25, 0.3) is 11.1 Å². The van der Waals surface area contributed by atoms with Gasteiger partial charge in [-0.1, -0.05) is 45.9 Å². The molecule has 0 saturated heterocycles. The number of aromatic nitrogens is 2. The summed E-state index contributed by atoms with van der Waals surface area (Å²) in [5.41, 5.74) is 8.19. The molecule has 0 amide bonds. The van der Waals surface area contributed by atoms with Gasteiger partial charge < -0.3 is 0 Å². The molecule has 2 nitrogen and oxygen atoms in total. The van der Waals surface area contributed by atoms with Crippen LogP contribution in [0.5, 0.6) is 0 Å². The Morgan fingerprint density at radius 1 is 0.840 bits per heavy atom. The molecule has 0 atom stereocenters. The van der Waals surface area contributed by atoms with Crippen LogP contribution >= 0.6 is 0 Å². The predicted octanol–water partition coefficient (Wildman–Crippen LogP) is 6.14. The smallest absolute Gasteiger partial charge is 0.0675 e. The van der Waals surface area contributed by atoms with Crippen molar-refractivity contribution < 1.29 is 21.1 Å². The van der Waals surface area contributed by atoms with Gasteiger partial charge in [0.25, 0.3) is 0 Å². The minimum Gasteiger partial charge on any atom is -0.266 e. The second-order valence-corrected chi connectivity index (χ2v) is 8.23. The number of benzene rings is 1. The van der Waals surface area contributed by atoms with E-state index >= 15 is 0 Å². The van der Waals surface area contributed by atoms with Gasteiger partial charge in [0.1, 0.15) is 0 Å². The fraction of sp³-hybridized carbons (Fsp3) is 0.591. The van der Waals surface area contributed by atoms with Crippen molar-refractivity contribution in [2.45, 2.75) is 74.3 Å². The molecular weight excluding hydrogens is 487 g/mol. The maximum Gasteiger partial charge on any atom is 0.0675 e. The molecule has 0 spiro atoms. The van der Waals surface area contributed by atoms with Crippen LogP contribution in [0, 0.1) is 25.7 Å². The van der Waals surface area contributed by atoms with Crippen LogP contribution < -0.4 is 0 Å². The molecule has 0 saturated carbocycles. The van der Waals surface area contributed by atoms with Gasteiger partial charge in [-0.05, 0) is 69.1 Å². The first-order valence-electron chi connectivity index (χ1n) is 9.39. The summed E-state index contributed by atoms with van der Waals surface area (Å²) in [6.45, 7) is 18.0. The minimum atomic E-state index is 0. The van der Waals surface area contributed by atoms with Gasteiger partial charge in [0.05, 0.1) is 5.69 Å². The van der Waals surface area contributed by atoms with E-state index in [4.69, 9.17) is 5.10 Å². The average molecular weight is 522 g/mol. The topological polar surface area (TPSA) is 17.8 Å². The summed E-state index contributed by atoms with van der Waals surface area (Å²) in [5.74, 6) is 1.30. The van der Waals surface area contributed by atoms with Crippen molar-refractivity contribution >= 4 is 0 Å². The van der Waals surface area contributed by atoms with Gasteiger partial charge in [-0.15, -0.1) is 0 Å². The van der Waals surface area contributed by atoms with Crippen LogP contribution in [0.2, 0.25) is 0 Å². The Balaban J connectivity index is 0.00000312. The van der Waals surface area contributed by atoms with Crippen LogP contribution in [0.15, 0.2) is 18.2 Å². The molecule has 0 bridgehead atoms. The molecule has 0 N–H and O–H groups in total. The van der Waals surface area contributed by atoms with Crippen molar-refractivity contribution in [2.75, 3.05) is 0 Å². The van der Waals surface area contributed by atoms with E-state index in [0.717, 1.165) is 18.5 Å². The Morgan fingerprint density at radius 2 is 1.32 bits per heavy atom. The first-order chi connectivity index (χ1) is 11.2. The number of aryl methyl sites for hydroxylation is 1. The van der Waals surface area contributed by atoms with Gasteiger partial charge in [0.2, 0.25) is 0 Å². The molecular formula is C22H34N2Pt. The summed E-state index contributed by atoms with van der Waals surface area (Å²) in [7, 11) is 0. The Kier molecular flexibility index (Phi) is 8.13. The SMILES string of the molecule is Cc1nn(C(C)C)c(C)c1-c1c(CC(C)C)cccc1CC(C)C.[Pt]. The zero-order valence-corrected chi connectivity index (χ0v) is 19.4. The molecule has 1 aromatic heterocycles. The first kappa shape index (κ1) is 22.2.